The van der Waals surface area contributed by atoms with Gasteiger partial charge in [0.15, 0.2) is 0 Å². The largest absolute Gasteiger partial charge is 0.313 e. The topological polar surface area (TPSA) is 29.1 Å². The molecule has 1 N–H and O–H groups in total. The van der Waals surface area contributed by atoms with E-state index >= 15 is 0 Å². The first kappa shape index (κ1) is 13.1. The number of allylic oxidation sites excluding steroid dienone is 1. The Morgan fingerprint density at radius 1 is 1.54 bits per heavy atom. The van der Waals surface area contributed by atoms with Crippen LogP contribution in [0.3, 0.4) is 0 Å². The molecule has 0 bridgehead atoms. The third-order valence-corrected chi connectivity index (χ3v) is 3.36. The van der Waals surface area contributed by atoms with Crippen molar-refractivity contribution in [3.63, 3.8) is 0 Å². The molecule has 0 saturated carbocycles. The summed E-state index contributed by atoms with van der Waals surface area (Å²) in [6.45, 7) is 3.76. The van der Waals surface area contributed by atoms with Crippen LogP contribution in [0, 0.1) is 0 Å². The molecule has 2 nitrogen and oxygen atoms in total. The minimum atomic E-state index is -0.698. The van der Waals surface area contributed by atoms with Gasteiger partial charge in [-0.3, -0.25) is 4.21 Å². The van der Waals surface area contributed by atoms with Gasteiger partial charge in [-0.1, -0.05) is 19.1 Å². The van der Waals surface area contributed by atoms with Gasteiger partial charge < -0.3 is 5.32 Å². The van der Waals surface area contributed by atoms with Crippen molar-refractivity contribution in [2.45, 2.75) is 18.6 Å². The van der Waals surface area contributed by atoms with E-state index in [0.717, 1.165) is 19.5 Å². The first-order chi connectivity index (χ1) is 6.18. The SMILES string of the molecule is CC(CCNC/C=C/CCl)S(C)=O. The lowest BCUT2D eigenvalue weighted by atomic mass is 10.3. The third kappa shape index (κ3) is 8.47. The Bertz CT molecular complexity index is 173. The van der Waals surface area contributed by atoms with Crippen molar-refractivity contribution in [1.29, 1.82) is 0 Å². The molecule has 0 aromatic carbocycles. The maximum atomic E-state index is 11.0. The monoisotopic (exact) mass is 223 g/mol. The molecule has 0 aliphatic rings. The van der Waals surface area contributed by atoms with Crippen LogP contribution >= 0.6 is 11.6 Å². The fourth-order valence-electron chi connectivity index (χ4n) is 0.803. The van der Waals surface area contributed by atoms with Crippen LogP contribution in [0.5, 0.6) is 0 Å². The van der Waals surface area contributed by atoms with Crippen LogP contribution < -0.4 is 5.32 Å². The first-order valence-corrected chi connectivity index (χ1v) is 6.58. The van der Waals surface area contributed by atoms with E-state index in [1.54, 1.807) is 6.26 Å². The van der Waals surface area contributed by atoms with Crippen LogP contribution in [0.15, 0.2) is 12.2 Å². The number of hydrogen-bond donors (Lipinski definition) is 1. The Kier molecular flexibility index (Phi) is 8.82. The molecule has 0 fully saturated rings. The fourth-order valence-corrected chi connectivity index (χ4v) is 1.38. The molecule has 13 heavy (non-hydrogen) atoms. The van der Waals surface area contributed by atoms with E-state index < -0.39 is 10.8 Å². The van der Waals surface area contributed by atoms with Gasteiger partial charge in [0.1, 0.15) is 0 Å². The molecule has 0 rings (SSSR count). The molecule has 0 radical (unpaired) electrons. The second kappa shape index (κ2) is 8.73. The average molecular weight is 224 g/mol. The van der Waals surface area contributed by atoms with Gasteiger partial charge in [-0.25, -0.2) is 0 Å². The Balaban J connectivity index is 3.25. The highest BCUT2D eigenvalue weighted by atomic mass is 35.5. The van der Waals surface area contributed by atoms with E-state index in [9.17, 15) is 4.21 Å². The molecular weight excluding hydrogens is 206 g/mol. The summed E-state index contributed by atoms with van der Waals surface area (Å²) in [6.07, 6.45) is 6.62. The number of alkyl halides is 1. The second-order valence-electron chi connectivity index (χ2n) is 2.93. The predicted octanol–water partition coefficient (Wildman–Crippen LogP) is 1.53. The molecule has 0 spiro atoms. The minimum Gasteiger partial charge on any atom is -0.313 e. The van der Waals surface area contributed by atoms with Crippen LogP contribution in [0.4, 0.5) is 0 Å². The lowest BCUT2D eigenvalue weighted by Gasteiger charge is -2.07. The first-order valence-electron chi connectivity index (χ1n) is 4.42. The molecular formula is C9H18ClNOS. The maximum absolute atomic E-state index is 11.0. The van der Waals surface area contributed by atoms with E-state index in [1.165, 1.54) is 0 Å². The van der Waals surface area contributed by atoms with E-state index in [4.69, 9.17) is 11.6 Å². The lowest BCUT2D eigenvalue weighted by Crippen LogP contribution is -2.21. The van der Waals surface area contributed by atoms with Gasteiger partial charge in [0.05, 0.1) is 0 Å². The molecule has 0 aromatic heterocycles. The van der Waals surface area contributed by atoms with Crippen LogP contribution in [-0.4, -0.2) is 34.7 Å². The quantitative estimate of drug-likeness (QED) is 0.403. The summed E-state index contributed by atoms with van der Waals surface area (Å²) < 4.78 is 11.0. The zero-order chi connectivity index (χ0) is 10.1. The van der Waals surface area contributed by atoms with Crippen LogP contribution in [0.1, 0.15) is 13.3 Å². The summed E-state index contributed by atoms with van der Waals surface area (Å²) in [5, 5.41) is 3.51. The minimum absolute atomic E-state index is 0.282. The van der Waals surface area contributed by atoms with Crippen molar-refractivity contribution in [2.24, 2.45) is 0 Å². The van der Waals surface area contributed by atoms with Crippen molar-refractivity contribution < 1.29 is 4.21 Å². The smallest absolute Gasteiger partial charge is 0.0404 e. The maximum Gasteiger partial charge on any atom is 0.0404 e. The molecule has 4 heteroatoms. The Morgan fingerprint density at radius 2 is 2.23 bits per heavy atom. The predicted molar refractivity (Wildman–Crippen MR) is 60.9 cm³/mol. The van der Waals surface area contributed by atoms with Crippen molar-refractivity contribution >= 4 is 22.4 Å². The van der Waals surface area contributed by atoms with Gasteiger partial charge in [-0.2, -0.15) is 0 Å². The zero-order valence-electron chi connectivity index (χ0n) is 8.25. The average Bonchev–Trinajstić information content (AvgIpc) is 2.10. The molecule has 0 aliphatic heterocycles. The highest BCUT2D eigenvalue weighted by Crippen LogP contribution is 1.96. The number of rotatable bonds is 7. The van der Waals surface area contributed by atoms with Gasteiger partial charge in [0.25, 0.3) is 0 Å². The van der Waals surface area contributed by atoms with Crippen molar-refractivity contribution in [1.82, 2.24) is 5.32 Å². The zero-order valence-corrected chi connectivity index (χ0v) is 9.83. The van der Waals surface area contributed by atoms with Gasteiger partial charge >= 0.3 is 0 Å². The summed E-state index contributed by atoms with van der Waals surface area (Å²) >= 11 is 5.45. The summed E-state index contributed by atoms with van der Waals surface area (Å²) in [5.74, 6) is 0.567. The molecule has 78 valence electrons. The summed E-state index contributed by atoms with van der Waals surface area (Å²) in [6, 6.07) is 0. The lowest BCUT2D eigenvalue weighted by molar-refractivity contribution is 0.650. The highest BCUT2D eigenvalue weighted by molar-refractivity contribution is 7.84. The second-order valence-corrected chi connectivity index (χ2v) is 5.04. The summed E-state index contributed by atoms with van der Waals surface area (Å²) in [4.78, 5) is 0. The number of halogens is 1. The van der Waals surface area contributed by atoms with Gasteiger partial charge in [-0.05, 0) is 13.0 Å². The van der Waals surface area contributed by atoms with Gasteiger partial charge in [0, 0.05) is 34.7 Å². The standard InChI is InChI=1S/C9H18ClNOS/c1-9(13(2)12)5-8-11-7-4-3-6-10/h3-4,9,11H,5-8H2,1-2H3/b4-3+. The Morgan fingerprint density at radius 3 is 2.77 bits per heavy atom. The Hall–Kier alpha value is 0.140. The fraction of sp³-hybridized carbons (Fsp3) is 0.778. The van der Waals surface area contributed by atoms with Crippen LogP contribution in [0.2, 0.25) is 0 Å². The molecule has 0 amide bonds. The van der Waals surface area contributed by atoms with Crippen LogP contribution in [-0.2, 0) is 10.8 Å². The molecule has 2 atom stereocenters. The van der Waals surface area contributed by atoms with Gasteiger partial charge in [-0.15, -0.1) is 11.6 Å². The van der Waals surface area contributed by atoms with Crippen molar-refractivity contribution in [3.8, 4) is 0 Å². The molecule has 2 unspecified atom stereocenters. The number of hydrogen-bond acceptors (Lipinski definition) is 2. The van der Waals surface area contributed by atoms with Gasteiger partial charge in [0.2, 0.25) is 0 Å². The third-order valence-electron chi connectivity index (χ3n) is 1.81. The Labute approximate surface area is 88.2 Å². The van der Waals surface area contributed by atoms with E-state index in [1.807, 2.05) is 19.1 Å². The van der Waals surface area contributed by atoms with Crippen molar-refractivity contribution in [2.75, 3.05) is 25.2 Å². The van der Waals surface area contributed by atoms with Crippen molar-refractivity contribution in [3.05, 3.63) is 12.2 Å². The molecule has 0 aromatic rings. The van der Waals surface area contributed by atoms with E-state index in [0.29, 0.717) is 5.88 Å². The molecule has 0 saturated heterocycles. The normalized spacial score (nSPS) is 16.2. The van der Waals surface area contributed by atoms with E-state index in [2.05, 4.69) is 5.32 Å². The molecule has 0 heterocycles. The number of nitrogens with one attached hydrogen (secondary N) is 1. The summed E-state index contributed by atoms with van der Waals surface area (Å²) in [7, 11) is -0.698. The van der Waals surface area contributed by atoms with E-state index in [-0.39, 0.29) is 5.25 Å². The molecule has 0 aliphatic carbocycles. The summed E-state index contributed by atoms with van der Waals surface area (Å²) in [5.41, 5.74) is 0. The highest BCUT2D eigenvalue weighted by Gasteiger charge is 2.03. The van der Waals surface area contributed by atoms with Crippen LogP contribution in [0.25, 0.3) is 0 Å².